The van der Waals surface area contributed by atoms with E-state index in [9.17, 15) is 4.79 Å². The molecule has 1 atom stereocenters. The molecule has 63 valence electrons. The van der Waals surface area contributed by atoms with Crippen LogP contribution in [0, 0.1) is 0 Å². The third-order valence-corrected chi connectivity index (χ3v) is 3.25. The Hall–Kier alpha value is -0.573. The monoisotopic (exact) mass is 171 g/mol. The van der Waals surface area contributed by atoms with Gasteiger partial charge in [-0.15, -0.1) is 0 Å². The minimum Gasteiger partial charge on any atom is -0.463 e. The summed E-state index contributed by atoms with van der Waals surface area (Å²) < 4.78 is 5.10. The summed E-state index contributed by atoms with van der Waals surface area (Å²) in [6.45, 7) is 9.64. The fourth-order valence-electron chi connectivity index (χ4n) is 0.798. The Kier molecular flexibility index (Phi) is 4.86. The normalized spacial score (nSPS) is 12.7. The van der Waals surface area contributed by atoms with Crippen LogP contribution in [0.4, 0.5) is 0 Å². The first kappa shape index (κ1) is 10.4. The van der Waals surface area contributed by atoms with Gasteiger partial charge in [-0.3, -0.25) is 0 Å². The lowest BCUT2D eigenvalue weighted by atomic mass is 10.5. The van der Waals surface area contributed by atoms with E-state index < -0.39 is 8.80 Å². The van der Waals surface area contributed by atoms with E-state index in [-0.39, 0.29) is 11.7 Å². The predicted molar refractivity (Wildman–Crippen MR) is 47.9 cm³/mol. The van der Waals surface area contributed by atoms with Crippen molar-refractivity contribution >= 4 is 14.8 Å². The summed E-state index contributed by atoms with van der Waals surface area (Å²) >= 11 is 0. The van der Waals surface area contributed by atoms with Crippen LogP contribution in [0.2, 0.25) is 13.1 Å². The molecule has 0 bridgehead atoms. The van der Waals surface area contributed by atoms with Crippen LogP contribution in [0.1, 0.15) is 13.3 Å². The first-order chi connectivity index (χ1) is 5.11. The summed E-state index contributed by atoms with van der Waals surface area (Å²) in [6, 6.07) is 0. The van der Waals surface area contributed by atoms with E-state index in [0.717, 1.165) is 6.42 Å². The van der Waals surface area contributed by atoms with Crippen molar-refractivity contribution in [2.24, 2.45) is 0 Å². The molecule has 0 spiro atoms. The predicted octanol–water partition coefficient (Wildman–Crippen LogP) is 1.79. The smallest absolute Gasteiger partial charge is 0.330 e. The van der Waals surface area contributed by atoms with E-state index in [0.29, 0.717) is 0 Å². The molecule has 0 saturated heterocycles. The maximum absolute atomic E-state index is 10.8. The quantitative estimate of drug-likeness (QED) is 0.366. The van der Waals surface area contributed by atoms with Gasteiger partial charge in [0, 0.05) is 6.08 Å². The van der Waals surface area contributed by atoms with Crippen molar-refractivity contribution in [2.45, 2.75) is 32.2 Å². The molecule has 0 aromatic heterocycles. The molecule has 0 rings (SSSR count). The van der Waals surface area contributed by atoms with Gasteiger partial charge in [0.05, 0.1) is 14.5 Å². The standard InChI is InChI=1S/C8H15O2Si/c1-5-7(9)10-8(6-2)11(3)4/h5,8H,1,6H2,2-4H3. The van der Waals surface area contributed by atoms with Gasteiger partial charge in [-0.25, -0.2) is 4.79 Å². The zero-order valence-electron chi connectivity index (χ0n) is 7.39. The van der Waals surface area contributed by atoms with Crippen LogP contribution in [0.15, 0.2) is 12.7 Å². The molecule has 11 heavy (non-hydrogen) atoms. The maximum Gasteiger partial charge on any atom is 0.330 e. The molecule has 0 aliphatic heterocycles. The summed E-state index contributed by atoms with van der Waals surface area (Å²) in [5, 5.41) is 0. The Bertz CT molecular complexity index is 143. The molecule has 1 radical (unpaired) electrons. The van der Waals surface area contributed by atoms with Crippen molar-refractivity contribution < 1.29 is 9.53 Å². The Morgan fingerprint density at radius 2 is 2.27 bits per heavy atom. The molecule has 2 nitrogen and oxygen atoms in total. The summed E-state index contributed by atoms with van der Waals surface area (Å²) in [5.74, 6) is -0.303. The first-order valence-corrected chi connectivity index (χ1v) is 6.32. The first-order valence-electron chi connectivity index (χ1n) is 3.74. The van der Waals surface area contributed by atoms with Gasteiger partial charge in [0.1, 0.15) is 0 Å². The Balaban J connectivity index is 3.87. The van der Waals surface area contributed by atoms with E-state index in [2.05, 4.69) is 19.7 Å². The molecule has 0 fully saturated rings. The highest BCUT2D eigenvalue weighted by Gasteiger charge is 2.15. The van der Waals surface area contributed by atoms with Crippen LogP contribution in [-0.4, -0.2) is 20.5 Å². The van der Waals surface area contributed by atoms with Gasteiger partial charge in [-0.1, -0.05) is 26.6 Å². The highest BCUT2D eigenvalue weighted by Crippen LogP contribution is 2.03. The molecule has 1 unspecified atom stereocenters. The van der Waals surface area contributed by atoms with Crippen molar-refractivity contribution in [2.75, 3.05) is 0 Å². The molecule has 0 N–H and O–H groups in total. The van der Waals surface area contributed by atoms with E-state index >= 15 is 0 Å². The van der Waals surface area contributed by atoms with Crippen LogP contribution in [-0.2, 0) is 9.53 Å². The molecule has 0 aromatic rings. The molecule has 0 heterocycles. The SMILES string of the molecule is C=CC(=O)OC(CC)[Si](C)C. The van der Waals surface area contributed by atoms with Gasteiger partial charge < -0.3 is 4.74 Å². The van der Waals surface area contributed by atoms with Crippen molar-refractivity contribution in [3.63, 3.8) is 0 Å². The number of hydrogen-bond donors (Lipinski definition) is 0. The van der Waals surface area contributed by atoms with Crippen molar-refractivity contribution in [1.29, 1.82) is 0 Å². The fraction of sp³-hybridized carbons (Fsp3) is 0.625. The van der Waals surface area contributed by atoms with Gasteiger partial charge >= 0.3 is 5.97 Å². The van der Waals surface area contributed by atoms with Crippen molar-refractivity contribution in [3.8, 4) is 0 Å². The third kappa shape index (κ3) is 3.98. The zero-order valence-corrected chi connectivity index (χ0v) is 8.39. The molecule has 0 aliphatic carbocycles. The number of esters is 1. The Morgan fingerprint density at radius 3 is 2.55 bits per heavy atom. The number of carbonyl (C=O) groups is 1. The second-order valence-electron chi connectivity index (χ2n) is 2.62. The molecular weight excluding hydrogens is 156 g/mol. The van der Waals surface area contributed by atoms with Crippen molar-refractivity contribution in [1.82, 2.24) is 0 Å². The lowest BCUT2D eigenvalue weighted by Gasteiger charge is -2.17. The molecule has 3 heteroatoms. The molecular formula is C8H15O2Si. The molecule has 0 saturated carbocycles. The van der Waals surface area contributed by atoms with Crippen molar-refractivity contribution in [3.05, 3.63) is 12.7 Å². The molecule has 0 aromatic carbocycles. The van der Waals surface area contributed by atoms with E-state index in [4.69, 9.17) is 4.74 Å². The van der Waals surface area contributed by atoms with Crippen LogP contribution in [0.5, 0.6) is 0 Å². The van der Waals surface area contributed by atoms with Crippen LogP contribution < -0.4 is 0 Å². The maximum atomic E-state index is 10.8. The Labute approximate surface area is 69.9 Å². The number of rotatable bonds is 4. The van der Waals surface area contributed by atoms with Gasteiger partial charge in [-0.05, 0) is 6.42 Å². The van der Waals surface area contributed by atoms with E-state index in [1.54, 1.807) is 0 Å². The number of carbonyl (C=O) groups excluding carboxylic acids is 1. The van der Waals surface area contributed by atoms with Gasteiger partial charge in [-0.2, -0.15) is 0 Å². The summed E-state index contributed by atoms with van der Waals surface area (Å²) in [5.41, 5.74) is 0.130. The van der Waals surface area contributed by atoms with Crippen LogP contribution in [0.25, 0.3) is 0 Å². The summed E-state index contributed by atoms with van der Waals surface area (Å²) in [6.07, 6.45) is 2.12. The van der Waals surface area contributed by atoms with E-state index in [1.165, 1.54) is 6.08 Å². The second kappa shape index (κ2) is 5.13. The Morgan fingerprint density at radius 1 is 1.73 bits per heavy atom. The van der Waals surface area contributed by atoms with E-state index in [1.807, 2.05) is 6.92 Å². The molecule has 0 aliphatic rings. The second-order valence-corrected chi connectivity index (χ2v) is 5.41. The number of ether oxygens (including phenoxy) is 1. The van der Waals surface area contributed by atoms with Crippen LogP contribution in [0.3, 0.4) is 0 Å². The highest BCUT2D eigenvalue weighted by molar-refractivity contribution is 6.57. The molecule has 0 amide bonds. The minimum atomic E-state index is -0.520. The minimum absolute atomic E-state index is 0.130. The topological polar surface area (TPSA) is 26.3 Å². The van der Waals surface area contributed by atoms with Crippen LogP contribution >= 0.6 is 0 Å². The summed E-state index contributed by atoms with van der Waals surface area (Å²) in [7, 11) is -0.520. The lowest BCUT2D eigenvalue weighted by Crippen LogP contribution is -2.29. The van der Waals surface area contributed by atoms with Gasteiger partial charge in [0.2, 0.25) is 0 Å². The lowest BCUT2D eigenvalue weighted by molar-refractivity contribution is -0.139. The average Bonchev–Trinajstić information content (AvgIpc) is 1.99. The fourth-order valence-corrected chi connectivity index (χ4v) is 1.97. The zero-order chi connectivity index (χ0) is 8.85. The van der Waals surface area contributed by atoms with Gasteiger partial charge in [0.15, 0.2) is 0 Å². The summed E-state index contributed by atoms with van der Waals surface area (Å²) in [4.78, 5) is 10.8. The highest BCUT2D eigenvalue weighted by atomic mass is 28.3. The largest absolute Gasteiger partial charge is 0.463 e. The average molecular weight is 171 g/mol. The third-order valence-electron chi connectivity index (χ3n) is 1.44. The number of hydrogen-bond acceptors (Lipinski definition) is 2. The van der Waals surface area contributed by atoms with Gasteiger partial charge in [0.25, 0.3) is 0 Å².